The van der Waals surface area contributed by atoms with Gasteiger partial charge in [-0.15, -0.1) is 0 Å². The highest BCUT2D eigenvalue weighted by Gasteiger charge is 2.45. The highest BCUT2D eigenvalue weighted by atomic mass is 16.5. The van der Waals surface area contributed by atoms with Crippen LogP contribution in [0.1, 0.15) is 12.5 Å². The van der Waals surface area contributed by atoms with Gasteiger partial charge in [0.2, 0.25) is 0 Å². The maximum Gasteiger partial charge on any atom is 0.145 e. The van der Waals surface area contributed by atoms with Gasteiger partial charge in [-0.05, 0) is 23.3 Å². The molecule has 17 heavy (non-hydrogen) atoms. The predicted molar refractivity (Wildman–Crippen MR) is 67.1 cm³/mol. The molecule has 3 rings (SSSR count). The fourth-order valence-corrected chi connectivity index (χ4v) is 2.50. The summed E-state index contributed by atoms with van der Waals surface area (Å²) in [5, 5.41) is 2.34. The lowest BCUT2D eigenvalue weighted by Gasteiger charge is -2.40. The second kappa shape index (κ2) is 3.67. The molecule has 1 aliphatic heterocycles. The van der Waals surface area contributed by atoms with Crippen LogP contribution in [0, 0.1) is 0 Å². The molecule has 0 amide bonds. The molecule has 0 bridgehead atoms. The highest BCUT2D eigenvalue weighted by molar-refractivity contribution is 5.96. The first-order valence-electron chi connectivity index (χ1n) is 5.81. The predicted octanol–water partition coefficient (Wildman–Crippen LogP) is 2.70. The van der Waals surface area contributed by atoms with Gasteiger partial charge in [0.05, 0.1) is 13.2 Å². The van der Waals surface area contributed by atoms with Crippen LogP contribution >= 0.6 is 0 Å². The standard InChI is InChI=1S/C15H14O2/c1-11(16)15(9-17-10-15)14-8-4-6-12-5-2-3-7-13(12)14/h2-8H,9-10H2,1H3. The van der Waals surface area contributed by atoms with Gasteiger partial charge in [0.1, 0.15) is 11.2 Å². The molecule has 0 saturated carbocycles. The Balaban J connectivity index is 2.27. The molecule has 2 nitrogen and oxygen atoms in total. The van der Waals surface area contributed by atoms with E-state index in [-0.39, 0.29) is 5.78 Å². The normalized spacial score (nSPS) is 17.7. The topological polar surface area (TPSA) is 26.3 Å². The molecule has 1 heterocycles. The fraction of sp³-hybridized carbons (Fsp3) is 0.267. The van der Waals surface area contributed by atoms with Gasteiger partial charge in [-0.3, -0.25) is 4.79 Å². The minimum absolute atomic E-state index is 0.195. The number of ketones is 1. The van der Waals surface area contributed by atoms with E-state index in [1.807, 2.05) is 24.3 Å². The number of carbonyl (C=O) groups is 1. The number of rotatable bonds is 2. The highest BCUT2D eigenvalue weighted by Crippen LogP contribution is 2.37. The molecule has 1 fully saturated rings. The maximum absolute atomic E-state index is 11.9. The minimum atomic E-state index is -0.416. The van der Waals surface area contributed by atoms with Crippen molar-refractivity contribution < 1.29 is 9.53 Å². The molecule has 1 aliphatic rings. The molecule has 0 spiro atoms. The molecule has 86 valence electrons. The van der Waals surface area contributed by atoms with E-state index >= 15 is 0 Å². The molecule has 0 radical (unpaired) electrons. The number of hydrogen-bond acceptors (Lipinski definition) is 2. The van der Waals surface area contributed by atoms with Crippen molar-refractivity contribution in [3.63, 3.8) is 0 Å². The van der Waals surface area contributed by atoms with Crippen LogP contribution in [-0.4, -0.2) is 19.0 Å². The molecule has 0 N–H and O–H groups in total. The summed E-state index contributed by atoms with van der Waals surface area (Å²) >= 11 is 0. The smallest absolute Gasteiger partial charge is 0.145 e. The summed E-state index contributed by atoms with van der Waals surface area (Å²) in [5.74, 6) is 0.195. The first-order chi connectivity index (χ1) is 8.24. The Morgan fingerprint density at radius 3 is 2.47 bits per heavy atom. The van der Waals surface area contributed by atoms with Crippen LogP contribution in [0.25, 0.3) is 10.8 Å². The molecular formula is C15H14O2. The first kappa shape index (κ1) is 10.5. The van der Waals surface area contributed by atoms with Crippen molar-refractivity contribution in [3.8, 4) is 0 Å². The summed E-state index contributed by atoms with van der Waals surface area (Å²) in [5.41, 5.74) is 0.690. The van der Waals surface area contributed by atoms with E-state index in [1.54, 1.807) is 6.92 Å². The Bertz CT molecular complexity index is 577. The molecule has 0 aromatic heterocycles. The minimum Gasteiger partial charge on any atom is -0.378 e. The SMILES string of the molecule is CC(=O)C1(c2cccc3ccccc23)COC1. The van der Waals surface area contributed by atoms with Gasteiger partial charge in [0.25, 0.3) is 0 Å². The van der Waals surface area contributed by atoms with Gasteiger partial charge >= 0.3 is 0 Å². The van der Waals surface area contributed by atoms with Crippen molar-refractivity contribution in [1.82, 2.24) is 0 Å². The lowest BCUT2D eigenvalue weighted by Crippen LogP contribution is -2.52. The monoisotopic (exact) mass is 226 g/mol. The van der Waals surface area contributed by atoms with Gasteiger partial charge < -0.3 is 4.74 Å². The van der Waals surface area contributed by atoms with Crippen LogP contribution in [0.15, 0.2) is 42.5 Å². The zero-order chi connectivity index (χ0) is 11.9. The van der Waals surface area contributed by atoms with E-state index in [9.17, 15) is 4.79 Å². The van der Waals surface area contributed by atoms with E-state index in [2.05, 4.69) is 18.2 Å². The first-order valence-corrected chi connectivity index (χ1v) is 5.81. The number of ether oxygens (including phenoxy) is 1. The van der Waals surface area contributed by atoms with Crippen molar-refractivity contribution in [1.29, 1.82) is 0 Å². The van der Waals surface area contributed by atoms with E-state index < -0.39 is 5.41 Å². The molecule has 0 unspecified atom stereocenters. The second-order valence-electron chi connectivity index (χ2n) is 4.66. The van der Waals surface area contributed by atoms with Crippen LogP contribution in [0.5, 0.6) is 0 Å². The van der Waals surface area contributed by atoms with Crippen LogP contribution in [0.3, 0.4) is 0 Å². The summed E-state index contributed by atoms with van der Waals surface area (Å²) in [6, 6.07) is 14.3. The van der Waals surface area contributed by atoms with Crippen LogP contribution in [0.4, 0.5) is 0 Å². The zero-order valence-electron chi connectivity index (χ0n) is 9.77. The Morgan fingerprint density at radius 1 is 1.12 bits per heavy atom. The summed E-state index contributed by atoms with van der Waals surface area (Å²) in [6.07, 6.45) is 0. The third-order valence-electron chi connectivity index (χ3n) is 3.68. The van der Waals surface area contributed by atoms with E-state index in [4.69, 9.17) is 4.74 Å². The van der Waals surface area contributed by atoms with Gasteiger partial charge in [-0.1, -0.05) is 42.5 Å². The Kier molecular flexibility index (Phi) is 2.26. The van der Waals surface area contributed by atoms with Crippen LogP contribution in [0.2, 0.25) is 0 Å². The molecule has 1 saturated heterocycles. The average Bonchev–Trinajstić information content (AvgIpc) is 2.27. The third-order valence-corrected chi connectivity index (χ3v) is 3.68. The van der Waals surface area contributed by atoms with Gasteiger partial charge in [0, 0.05) is 0 Å². The lowest BCUT2D eigenvalue weighted by molar-refractivity contribution is -0.140. The fourth-order valence-electron chi connectivity index (χ4n) is 2.50. The quantitative estimate of drug-likeness (QED) is 0.787. The van der Waals surface area contributed by atoms with E-state index in [0.717, 1.165) is 10.9 Å². The number of Topliss-reactive ketones (excluding diaryl/α,β-unsaturated/α-hetero) is 1. The zero-order valence-corrected chi connectivity index (χ0v) is 9.77. The van der Waals surface area contributed by atoms with Gasteiger partial charge in [0.15, 0.2) is 0 Å². The van der Waals surface area contributed by atoms with Crippen LogP contribution in [-0.2, 0) is 14.9 Å². The van der Waals surface area contributed by atoms with Crippen molar-refractivity contribution in [3.05, 3.63) is 48.0 Å². The number of carbonyl (C=O) groups excluding carboxylic acids is 1. The second-order valence-corrected chi connectivity index (χ2v) is 4.66. The summed E-state index contributed by atoms with van der Waals surface area (Å²) in [4.78, 5) is 11.9. The van der Waals surface area contributed by atoms with Crippen molar-refractivity contribution >= 4 is 16.6 Å². The number of benzene rings is 2. The van der Waals surface area contributed by atoms with Crippen molar-refractivity contribution in [2.24, 2.45) is 0 Å². The summed E-state index contributed by atoms with van der Waals surface area (Å²) in [7, 11) is 0. The molecule has 2 aromatic carbocycles. The molecule has 0 aliphatic carbocycles. The van der Waals surface area contributed by atoms with E-state index in [0.29, 0.717) is 13.2 Å². The molecule has 2 aromatic rings. The van der Waals surface area contributed by atoms with Crippen molar-refractivity contribution in [2.75, 3.05) is 13.2 Å². The lowest BCUT2D eigenvalue weighted by atomic mass is 9.74. The summed E-state index contributed by atoms with van der Waals surface area (Å²) < 4.78 is 5.28. The Morgan fingerprint density at radius 2 is 1.82 bits per heavy atom. The average molecular weight is 226 g/mol. The largest absolute Gasteiger partial charge is 0.378 e. The number of fused-ring (bicyclic) bond motifs is 1. The molecule has 2 heteroatoms. The van der Waals surface area contributed by atoms with Crippen LogP contribution < -0.4 is 0 Å². The third kappa shape index (κ3) is 1.41. The number of hydrogen-bond donors (Lipinski definition) is 0. The van der Waals surface area contributed by atoms with Crippen molar-refractivity contribution in [2.45, 2.75) is 12.3 Å². The Hall–Kier alpha value is -1.67. The Labute approximate surface area is 100 Å². The molecule has 0 atom stereocenters. The van der Waals surface area contributed by atoms with Gasteiger partial charge in [-0.25, -0.2) is 0 Å². The van der Waals surface area contributed by atoms with E-state index in [1.165, 1.54) is 5.39 Å². The maximum atomic E-state index is 11.9. The summed E-state index contributed by atoms with van der Waals surface area (Å²) in [6.45, 7) is 2.68. The molecular weight excluding hydrogens is 212 g/mol. The van der Waals surface area contributed by atoms with Gasteiger partial charge in [-0.2, -0.15) is 0 Å².